The second-order valence-corrected chi connectivity index (χ2v) is 4.91. The summed E-state index contributed by atoms with van der Waals surface area (Å²) in [7, 11) is 0. The molecule has 2 N–H and O–H groups in total. The van der Waals surface area contributed by atoms with Crippen molar-refractivity contribution in [2.75, 3.05) is 12.3 Å². The van der Waals surface area contributed by atoms with E-state index >= 15 is 0 Å². The number of hydrogen-bond donors (Lipinski definition) is 2. The van der Waals surface area contributed by atoms with Crippen LogP contribution in [0.4, 0.5) is 4.39 Å². The molecule has 0 bridgehead atoms. The quantitative estimate of drug-likeness (QED) is 0.626. The Morgan fingerprint density at radius 2 is 2.00 bits per heavy atom. The number of carboxylic acid groups (broad SMARTS) is 1. The van der Waals surface area contributed by atoms with Gasteiger partial charge in [0, 0.05) is 17.9 Å². The van der Waals surface area contributed by atoms with Crippen LogP contribution in [0.25, 0.3) is 0 Å². The molecule has 0 spiro atoms. The molecule has 1 saturated heterocycles. The molecule has 90 valence electrons. The second-order valence-electron chi connectivity index (χ2n) is 3.60. The predicted molar refractivity (Wildman–Crippen MR) is 61.6 cm³/mol. The van der Waals surface area contributed by atoms with Crippen molar-refractivity contribution in [3.8, 4) is 0 Å². The minimum Gasteiger partial charge on any atom is -0.479 e. The predicted octanol–water partition coefficient (Wildman–Crippen LogP) is 1.13. The largest absolute Gasteiger partial charge is 0.479 e. The molecule has 0 aromatic heterocycles. The van der Waals surface area contributed by atoms with Gasteiger partial charge in [0.05, 0.1) is 0 Å². The van der Waals surface area contributed by atoms with Crippen molar-refractivity contribution in [2.24, 2.45) is 0 Å². The van der Waals surface area contributed by atoms with Crippen LogP contribution in [0.2, 0.25) is 0 Å². The van der Waals surface area contributed by atoms with Crippen LogP contribution >= 0.6 is 11.8 Å². The number of carbonyl (C=O) groups excluding carboxylic acids is 1. The fourth-order valence-electron chi connectivity index (χ4n) is 1.67. The molecule has 6 heteroatoms. The zero-order chi connectivity index (χ0) is 12.5. The molecule has 1 fully saturated rings. The van der Waals surface area contributed by atoms with Gasteiger partial charge in [-0.25, -0.2) is 9.18 Å². The van der Waals surface area contributed by atoms with Crippen LogP contribution in [-0.4, -0.2) is 34.0 Å². The van der Waals surface area contributed by atoms with E-state index in [9.17, 15) is 19.1 Å². The molecule has 1 atom stereocenters. The lowest BCUT2D eigenvalue weighted by Crippen LogP contribution is -2.52. The van der Waals surface area contributed by atoms with Gasteiger partial charge in [-0.2, -0.15) is 0 Å². The molecule has 1 aliphatic rings. The number of ketones is 1. The molecule has 0 radical (unpaired) electrons. The molecular formula is C11H10FNO3S. The van der Waals surface area contributed by atoms with Gasteiger partial charge in [0.2, 0.25) is 10.7 Å². The molecule has 0 saturated carbocycles. The average molecular weight is 255 g/mol. The lowest BCUT2D eigenvalue weighted by molar-refractivity contribution is -0.139. The Bertz CT molecular complexity index is 454. The molecule has 1 aliphatic heterocycles. The second kappa shape index (κ2) is 4.46. The van der Waals surface area contributed by atoms with Gasteiger partial charge in [0.25, 0.3) is 0 Å². The molecule has 2 rings (SSSR count). The fourth-order valence-corrected chi connectivity index (χ4v) is 2.75. The molecule has 17 heavy (non-hydrogen) atoms. The summed E-state index contributed by atoms with van der Waals surface area (Å²) in [5.74, 6) is -1.67. The van der Waals surface area contributed by atoms with Crippen LogP contribution in [0, 0.1) is 5.82 Å². The van der Waals surface area contributed by atoms with Gasteiger partial charge in [-0.15, -0.1) is 11.8 Å². The SMILES string of the molecule is O=C(O)C1(C(=O)c2ccc(F)cc2)NCCS1. The van der Waals surface area contributed by atoms with Crippen molar-refractivity contribution in [1.29, 1.82) is 0 Å². The third kappa shape index (κ3) is 2.05. The van der Waals surface area contributed by atoms with E-state index < -0.39 is 22.4 Å². The van der Waals surface area contributed by atoms with Crippen molar-refractivity contribution < 1.29 is 19.1 Å². The Morgan fingerprint density at radius 1 is 1.35 bits per heavy atom. The first-order chi connectivity index (χ1) is 8.06. The van der Waals surface area contributed by atoms with Gasteiger partial charge in [-0.05, 0) is 24.3 Å². The minimum absolute atomic E-state index is 0.190. The Kier molecular flexibility index (Phi) is 3.17. The normalized spacial score (nSPS) is 23.6. The maximum Gasteiger partial charge on any atom is 0.342 e. The minimum atomic E-state index is -1.63. The Balaban J connectivity index is 2.35. The van der Waals surface area contributed by atoms with Crippen molar-refractivity contribution in [3.63, 3.8) is 0 Å². The van der Waals surface area contributed by atoms with Gasteiger partial charge < -0.3 is 5.11 Å². The monoisotopic (exact) mass is 255 g/mol. The van der Waals surface area contributed by atoms with Gasteiger partial charge in [-0.3, -0.25) is 10.1 Å². The van der Waals surface area contributed by atoms with E-state index in [0.29, 0.717) is 12.3 Å². The number of Topliss-reactive ketones (excluding diaryl/α,β-unsaturated/α-hetero) is 1. The van der Waals surface area contributed by atoms with Gasteiger partial charge in [0.1, 0.15) is 5.82 Å². The molecule has 1 aromatic carbocycles. The summed E-state index contributed by atoms with van der Waals surface area (Å²) in [6, 6.07) is 4.87. The number of carbonyl (C=O) groups is 2. The lowest BCUT2D eigenvalue weighted by Gasteiger charge is -2.21. The number of rotatable bonds is 3. The molecule has 4 nitrogen and oxygen atoms in total. The van der Waals surface area contributed by atoms with Crippen LogP contribution < -0.4 is 5.32 Å². The highest BCUT2D eigenvalue weighted by molar-refractivity contribution is 8.02. The van der Waals surface area contributed by atoms with Gasteiger partial charge in [-0.1, -0.05) is 0 Å². The van der Waals surface area contributed by atoms with Crippen LogP contribution in [0.3, 0.4) is 0 Å². The Hall–Kier alpha value is -1.40. The number of benzene rings is 1. The molecule has 0 amide bonds. The smallest absolute Gasteiger partial charge is 0.342 e. The maximum atomic E-state index is 12.7. The number of aliphatic carboxylic acids is 1. The van der Waals surface area contributed by atoms with Crippen LogP contribution in [0.15, 0.2) is 24.3 Å². The highest BCUT2D eigenvalue weighted by Gasteiger charge is 2.49. The van der Waals surface area contributed by atoms with Crippen molar-refractivity contribution >= 4 is 23.5 Å². The van der Waals surface area contributed by atoms with Gasteiger partial charge in [0.15, 0.2) is 0 Å². The summed E-state index contributed by atoms with van der Waals surface area (Å²) in [5.41, 5.74) is 0.190. The topological polar surface area (TPSA) is 66.4 Å². The summed E-state index contributed by atoms with van der Waals surface area (Å²) in [4.78, 5) is 21.7. The number of carboxylic acids is 1. The van der Waals surface area contributed by atoms with E-state index in [2.05, 4.69) is 5.32 Å². The van der Waals surface area contributed by atoms with Crippen molar-refractivity contribution in [3.05, 3.63) is 35.6 Å². The lowest BCUT2D eigenvalue weighted by atomic mass is 10.0. The summed E-state index contributed by atoms with van der Waals surface area (Å²) in [6.07, 6.45) is 0. The van der Waals surface area contributed by atoms with Crippen molar-refractivity contribution in [1.82, 2.24) is 5.32 Å². The highest BCUT2D eigenvalue weighted by Crippen LogP contribution is 2.31. The molecular weight excluding hydrogens is 245 g/mol. The summed E-state index contributed by atoms with van der Waals surface area (Å²) >= 11 is 1.05. The van der Waals surface area contributed by atoms with Crippen LogP contribution in [0.5, 0.6) is 0 Å². The van der Waals surface area contributed by atoms with E-state index in [4.69, 9.17) is 0 Å². The van der Waals surface area contributed by atoms with E-state index in [1.165, 1.54) is 12.1 Å². The first-order valence-corrected chi connectivity index (χ1v) is 5.97. The standard InChI is InChI=1S/C11H10FNO3S/c12-8-3-1-7(2-4-8)9(14)11(10(15)16)13-5-6-17-11/h1-4,13H,5-6H2,(H,15,16). The number of halogens is 1. The fraction of sp³-hybridized carbons (Fsp3) is 0.273. The first kappa shape index (κ1) is 12.1. The first-order valence-electron chi connectivity index (χ1n) is 4.99. The van der Waals surface area contributed by atoms with E-state index in [1.807, 2.05) is 0 Å². The zero-order valence-corrected chi connectivity index (χ0v) is 9.59. The number of nitrogens with one attached hydrogen (secondary N) is 1. The molecule has 1 unspecified atom stereocenters. The molecule has 0 aliphatic carbocycles. The third-order valence-corrected chi connectivity index (χ3v) is 3.87. The van der Waals surface area contributed by atoms with Crippen LogP contribution in [-0.2, 0) is 4.79 Å². The average Bonchev–Trinajstić information content (AvgIpc) is 2.79. The number of thioether (sulfide) groups is 1. The summed E-state index contributed by atoms with van der Waals surface area (Å²) in [6.45, 7) is 0.462. The maximum absolute atomic E-state index is 12.7. The Morgan fingerprint density at radius 3 is 2.47 bits per heavy atom. The van der Waals surface area contributed by atoms with E-state index in [-0.39, 0.29) is 5.56 Å². The molecule has 1 heterocycles. The summed E-state index contributed by atoms with van der Waals surface area (Å²) in [5, 5.41) is 11.9. The summed E-state index contributed by atoms with van der Waals surface area (Å²) < 4.78 is 12.7. The van der Waals surface area contributed by atoms with E-state index in [1.54, 1.807) is 0 Å². The number of hydrogen-bond acceptors (Lipinski definition) is 4. The highest BCUT2D eigenvalue weighted by atomic mass is 32.2. The van der Waals surface area contributed by atoms with Crippen LogP contribution in [0.1, 0.15) is 10.4 Å². The van der Waals surface area contributed by atoms with Gasteiger partial charge >= 0.3 is 5.97 Å². The van der Waals surface area contributed by atoms with Crippen molar-refractivity contribution in [2.45, 2.75) is 4.87 Å². The Labute approximate surface area is 101 Å². The zero-order valence-electron chi connectivity index (χ0n) is 8.77. The third-order valence-electron chi connectivity index (χ3n) is 2.52. The van der Waals surface area contributed by atoms with E-state index in [0.717, 1.165) is 23.9 Å². The molecule has 1 aromatic rings.